The van der Waals surface area contributed by atoms with Gasteiger partial charge in [-0.15, -0.1) is 11.3 Å². The molecular weight excluding hydrogens is 252 g/mol. The highest BCUT2D eigenvalue weighted by molar-refractivity contribution is 7.12. The molecule has 0 bridgehead atoms. The fourth-order valence-electron chi connectivity index (χ4n) is 1.20. The number of aromatic carboxylic acids is 1. The summed E-state index contributed by atoms with van der Waals surface area (Å²) in [5.41, 5.74) is 0.569. The van der Waals surface area contributed by atoms with Gasteiger partial charge in [0, 0.05) is 9.60 Å². The number of hydrogen-bond acceptors (Lipinski definition) is 4. The predicted octanol–water partition coefficient (Wildman–Crippen LogP) is 2.08. The number of carbonyl (C=O) groups excluding carboxylic acids is 1. The highest BCUT2D eigenvalue weighted by Crippen LogP contribution is 2.27. The zero-order chi connectivity index (χ0) is 19.8. The second-order valence-corrected chi connectivity index (χ2v) is 4.41. The topological polar surface area (TPSA) is 78.4 Å². The molecule has 1 aromatic heterocycles. The second kappa shape index (κ2) is 6.51. The third kappa shape index (κ3) is 3.54. The van der Waals surface area contributed by atoms with Crippen LogP contribution in [0.2, 0.25) is 0 Å². The summed E-state index contributed by atoms with van der Waals surface area (Å²) in [6.45, 7) is -3.48. The molecule has 0 saturated carbocycles. The molecule has 0 aromatic carbocycles. The molecular formula is C12H18N2O3S. The van der Waals surface area contributed by atoms with Crippen molar-refractivity contribution in [3.05, 3.63) is 15.8 Å². The number of carbonyl (C=O) groups is 2. The van der Waals surface area contributed by atoms with Gasteiger partial charge in [-0.1, -0.05) is 6.85 Å². The normalized spacial score (nSPS) is 20.2. The molecule has 1 rings (SSSR count). The minimum Gasteiger partial charge on any atom is -0.477 e. The first kappa shape index (κ1) is 7.25. The third-order valence-electron chi connectivity index (χ3n) is 2.16. The van der Waals surface area contributed by atoms with Gasteiger partial charge in [-0.25, -0.2) is 4.79 Å². The number of carboxylic acids is 1. The molecule has 18 heavy (non-hydrogen) atoms. The number of anilines is 1. The van der Waals surface area contributed by atoms with Crippen LogP contribution in [0.5, 0.6) is 0 Å². The molecule has 1 atom stereocenters. The zero-order valence-corrected chi connectivity index (χ0v) is 10.6. The van der Waals surface area contributed by atoms with Crippen LogP contribution < -0.4 is 10.6 Å². The molecule has 0 aliphatic carbocycles. The van der Waals surface area contributed by atoms with Gasteiger partial charge in [0.15, 0.2) is 0 Å². The lowest BCUT2D eigenvalue weighted by Crippen LogP contribution is -2.38. The molecule has 0 spiro atoms. The Labute approximate surface area is 120 Å². The quantitative estimate of drug-likeness (QED) is 0.744. The average molecular weight is 277 g/mol. The van der Waals surface area contributed by atoms with E-state index in [4.69, 9.17) is 14.7 Å². The first-order chi connectivity index (χ1) is 11.1. The van der Waals surface area contributed by atoms with E-state index < -0.39 is 37.6 Å². The SMILES string of the molecule is [2H]C([2H])([2H])C([2H])([2H])C([2H])([2H])NC(C)C(=O)Nc1c(C)csc1C(=O)O. The maximum absolute atomic E-state index is 12.2. The highest BCUT2D eigenvalue weighted by Gasteiger charge is 2.19. The maximum atomic E-state index is 12.2. The molecule has 0 radical (unpaired) electrons. The molecule has 1 aromatic rings. The molecule has 5 nitrogen and oxygen atoms in total. The molecule has 0 fully saturated rings. The van der Waals surface area contributed by atoms with Gasteiger partial charge in [0.25, 0.3) is 0 Å². The summed E-state index contributed by atoms with van der Waals surface area (Å²) in [6.07, 6.45) is -3.25. The van der Waals surface area contributed by atoms with Gasteiger partial charge in [0.1, 0.15) is 4.88 Å². The van der Waals surface area contributed by atoms with E-state index in [2.05, 4.69) is 5.32 Å². The fraction of sp³-hybridized carbons (Fsp3) is 0.500. The van der Waals surface area contributed by atoms with Crippen molar-refractivity contribution in [2.24, 2.45) is 0 Å². The summed E-state index contributed by atoms with van der Waals surface area (Å²) < 4.78 is 51.7. The highest BCUT2D eigenvalue weighted by atomic mass is 32.1. The Morgan fingerprint density at radius 1 is 1.67 bits per heavy atom. The van der Waals surface area contributed by atoms with Crippen LogP contribution >= 0.6 is 11.3 Å². The van der Waals surface area contributed by atoms with Crippen molar-refractivity contribution in [2.45, 2.75) is 33.1 Å². The monoisotopic (exact) mass is 277 g/mol. The standard InChI is InChI=1S/C12H18N2O3S/c1-4-5-13-8(3)11(15)14-9-7(2)6-18-10(9)12(16)17/h6,8,13H,4-5H2,1-3H3,(H,14,15)(H,16,17)/i1D3,4D2,5D2. The Morgan fingerprint density at radius 2 is 2.39 bits per heavy atom. The second-order valence-electron chi connectivity index (χ2n) is 3.53. The Morgan fingerprint density at radius 3 is 3.00 bits per heavy atom. The lowest BCUT2D eigenvalue weighted by molar-refractivity contribution is -0.117. The van der Waals surface area contributed by atoms with Gasteiger partial charge >= 0.3 is 5.97 Å². The van der Waals surface area contributed by atoms with Crippen LogP contribution in [0.15, 0.2) is 5.38 Å². The van der Waals surface area contributed by atoms with E-state index in [1.165, 1.54) is 12.3 Å². The van der Waals surface area contributed by atoms with Crippen LogP contribution in [0.1, 0.15) is 45.0 Å². The van der Waals surface area contributed by atoms with Crippen LogP contribution in [0.3, 0.4) is 0 Å². The van der Waals surface area contributed by atoms with Crippen LogP contribution in [0, 0.1) is 6.92 Å². The van der Waals surface area contributed by atoms with Crippen LogP contribution in [0.25, 0.3) is 0 Å². The van der Waals surface area contributed by atoms with Crippen molar-refractivity contribution in [2.75, 3.05) is 11.8 Å². The Bertz CT molecular complexity index is 672. The molecule has 1 amide bonds. The number of amides is 1. The molecule has 1 unspecified atom stereocenters. The first-order valence-electron chi connectivity index (χ1n) is 8.52. The Hall–Kier alpha value is -1.40. The van der Waals surface area contributed by atoms with E-state index in [1.807, 2.05) is 5.32 Å². The average Bonchev–Trinajstić information content (AvgIpc) is 2.78. The van der Waals surface area contributed by atoms with E-state index >= 15 is 0 Å². The van der Waals surface area contributed by atoms with Crippen molar-refractivity contribution in [3.63, 3.8) is 0 Å². The smallest absolute Gasteiger partial charge is 0.348 e. The van der Waals surface area contributed by atoms with E-state index in [9.17, 15) is 9.59 Å². The van der Waals surface area contributed by atoms with Crippen LogP contribution in [0.4, 0.5) is 5.69 Å². The number of rotatable bonds is 6. The van der Waals surface area contributed by atoms with E-state index in [-0.39, 0.29) is 10.6 Å². The molecule has 0 saturated heterocycles. The summed E-state index contributed by atoms with van der Waals surface area (Å²) in [4.78, 5) is 23.2. The van der Waals surface area contributed by atoms with Crippen molar-refractivity contribution in [1.29, 1.82) is 0 Å². The number of nitrogens with one attached hydrogen (secondary N) is 2. The molecule has 0 aliphatic heterocycles. The maximum Gasteiger partial charge on any atom is 0.348 e. The summed E-state index contributed by atoms with van der Waals surface area (Å²) in [7, 11) is 0. The van der Waals surface area contributed by atoms with E-state index in [0.717, 1.165) is 11.3 Å². The molecule has 100 valence electrons. The largest absolute Gasteiger partial charge is 0.477 e. The van der Waals surface area contributed by atoms with Crippen molar-refractivity contribution in [3.8, 4) is 0 Å². The van der Waals surface area contributed by atoms with Crippen LogP contribution in [-0.2, 0) is 4.79 Å². The van der Waals surface area contributed by atoms with Gasteiger partial charge < -0.3 is 15.7 Å². The lowest BCUT2D eigenvalue weighted by Gasteiger charge is -2.13. The number of thiophene rings is 1. The lowest BCUT2D eigenvalue weighted by atomic mass is 10.2. The molecule has 3 N–H and O–H groups in total. The Balaban J connectivity index is 2.95. The number of hydrogen-bond donors (Lipinski definition) is 3. The van der Waals surface area contributed by atoms with Gasteiger partial charge in [0.05, 0.1) is 11.7 Å². The van der Waals surface area contributed by atoms with Crippen molar-refractivity contribution < 1.29 is 24.3 Å². The van der Waals surface area contributed by atoms with E-state index in [1.54, 1.807) is 6.92 Å². The van der Waals surface area contributed by atoms with Gasteiger partial charge in [0.2, 0.25) is 5.91 Å². The van der Waals surface area contributed by atoms with E-state index in [0.29, 0.717) is 5.56 Å². The Kier molecular flexibility index (Phi) is 2.62. The number of aryl methyl sites for hydroxylation is 1. The summed E-state index contributed by atoms with van der Waals surface area (Å²) in [6, 6.07) is -1.33. The van der Waals surface area contributed by atoms with Gasteiger partial charge in [-0.05, 0) is 37.7 Å². The summed E-state index contributed by atoms with van der Waals surface area (Å²) >= 11 is 0.916. The minimum atomic E-state index is -3.25. The minimum absolute atomic E-state index is 0.0653. The number of carboxylic acid groups (broad SMARTS) is 1. The summed E-state index contributed by atoms with van der Waals surface area (Å²) in [5.74, 6) is -2.06. The molecule has 6 heteroatoms. The van der Waals surface area contributed by atoms with Crippen LogP contribution in [-0.4, -0.2) is 29.5 Å². The molecule has 0 aliphatic rings. The predicted molar refractivity (Wildman–Crippen MR) is 72.4 cm³/mol. The van der Waals surface area contributed by atoms with Crippen molar-refractivity contribution in [1.82, 2.24) is 5.32 Å². The summed E-state index contributed by atoms with van der Waals surface area (Å²) in [5, 5.41) is 15.0. The fourth-order valence-corrected chi connectivity index (χ4v) is 2.04. The first-order valence-corrected chi connectivity index (χ1v) is 5.89. The van der Waals surface area contributed by atoms with Gasteiger partial charge in [-0.2, -0.15) is 0 Å². The molecule has 1 heterocycles. The third-order valence-corrected chi connectivity index (χ3v) is 3.25. The van der Waals surface area contributed by atoms with Gasteiger partial charge in [-0.3, -0.25) is 4.79 Å². The zero-order valence-electron chi connectivity index (χ0n) is 16.8. The van der Waals surface area contributed by atoms with Crippen molar-refractivity contribution >= 4 is 28.9 Å².